The highest BCUT2D eigenvalue weighted by atomic mass is 32.2. The number of aryl methyl sites for hydroxylation is 1. The molecule has 3 aromatic rings. The van der Waals surface area contributed by atoms with Crippen LogP contribution < -0.4 is 4.72 Å². The van der Waals surface area contributed by atoms with E-state index in [0.717, 1.165) is 20.8 Å². The molecule has 0 aliphatic carbocycles. The first-order valence-corrected chi connectivity index (χ1v) is 11.6. The maximum Gasteiger partial charge on any atom is 0.278 e. The number of fused-ring (bicyclic) bond motifs is 1. The fraction of sp³-hybridized carbons (Fsp3) is 0.263. The third-order valence-corrected chi connectivity index (χ3v) is 7.71. The first kappa shape index (κ1) is 20.5. The van der Waals surface area contributed by atoms with Gasteiger partial charge in [-0.25, -0.2) is 17.1 Å². The van der Waals surface area contributed by atoms with E-state index in [4.69, 9.17) is 0 Å². The van der Waals surface area contributed by atoms with Crippen molar-refractivity contribution >= 4 is 31.1 Å². The largest absolute Gasteiger partial charge is 0.278 e. The monoisotopic (exact) mass is 421 g/mol. The average molecular weight is 422 g/mol. The number of rotatable bonds is 7. The summed E-state index contributed by atoms with van der Waals surface area (Å²) in [7, 11) is -4.29. The second kappa shape index (κ2) is 7.67. The fourth-order valence-electron chi connectivity index (χ4n) is 2.79. The normalized spacial score (nSPS) is 12.7. The Labute approximate surface area is 165 Å². The number of nitrogens with zero attached hydrogens (tertiary/aromatic N) is 2. The molecule has 1 heterocycles. The van der Waals surface area contributed by atoms with Gasteiger partial charge in [0.05, 0.1) is 10.4 Å². The first-order valence-electron chi connectivity index (χ1n) is 8.70. The molecule has 0 bridgehead atoms. The molecule has 3 rings (SSSR count). The van der Waals surface area contributed by atoms with Gasteiger partial charge >= 0.3 is 0 Å². The molecule has 0 radical (unpaired) electrons. The standard InChI is InChI=1S/C19H23N3O4S2/c1-15-4-8-18(9-5-15)27(23,24)22-13-11-17-7-6-16(14-19(17)22)10-12-20-28(25,26)21(2)3/h4-9,11,13-14,20H,10,12H2,1-3H3. The highest BCUT2D eigenvalue weighted by Gasteiger charge is 2.19. The van der Waals surface area contributed by atoms with Crippen molar-refractivity contribution in [2.75, 3.05) is 20.6 Å². The first-order chi connectivity index (χ1) is 13.1. The zero-order valence-electron chi connectivity index (χ0n) is 16.0. The Bertz CT molecular complexity index is 1200. The zero-order chi connectivity index (χ0) is 20.5. The molecule has 0 fully saturated rings. The van der Waals surface area contributed by atoms with Crippen LogP contribution in [-0.4, -0.2) is 45.8 Å². The van der Waals surface area contributed by atoms with Gasteiger partial charge < -0.3 is 0 Å². The van der Waals surface area contributed by atoms with Crippen molar-refractivity contribution in [2.45, 2.75) is 18.2 Å². The Morgan fingerprint density at radius 2 is 1.64 bits per heavy atom. The minimum Gasteiger partial charge on any atom is -0.241 e. The molecule has 1 aromatic heterocycles. The van der Waals surface area contributed by atoms with Gasteiger partial charge in [-0.05, 0) is 43.2 Å². The Kier molecular flexibility index (Phi) is 5.62. The topological polar surface area (TPSA) is 88.5 Å². The van der Waals surface area contributed by atoms with Gasteiger partial charge in [-0.2, -0.15) is 12.7 Å². The maximum absolute atomic E-state index is 13.0. The van der Waals surface area contributed by atoms with E-state index >= 15 is 0 Å². The zero-order valence-corrected chi connectivity index (χ0v) is 17.6. The molecule has 0 amide bonds. The predicted molar refractivity (Wildman–Crippen MR) is 110 cm³/mol. The minimum absolute atomic E-state index is 0.220. The van der Waals surface area contributed by atoms with Crippen LogP contribution in [0, 0.1) is 6.92 Å². The Morgan fingerprint density at radius 3 is 2.29 bits per heavy atom. The summed E-state index contributed by atoms with van der Waals surface area (Å²) < 4.78 is 54.5. The fourth-order valence-corrected chi connectivity index (χ4v) is 4.76. The van der Waals surface area contributed by atoms with Gasteiger partial charge in [0, 0.05) is 32.2 Å². The molecule has 0 saturated heterocycles. The molecule has 7 nitrogen and oxygen atoms in total. The number of hydrogen-bond acceptors (Lipinski definition) is 4. The SMILES string of the molecule is Cc1ccc(S(=O)(=O)n2ccc3ccc(CCNS(=O)(=O)N(C)C)cc32)cc1. The molecule has 0 unspecified atom stereocenters. The molecular weight excluding hydrogens is 398 g/mol. The lowest BCUT2D eigenvalue weighted by Crippen LogP contribution is -2.36. The summed E-state index contributed by atoms with van der Waals surface area (Å²) in [6.07, 6.45) is 1.98. The third kappa shape index (κ3) is 4.12. The molecule has 1 N–H and O–H groups in total. The lowest BCUT2D eigenvalue weighted by atomic mass is 10.1. The van der Waals surface area contributed by atoms with Crippen molar-refractivity contribution in [2.24, 2.45) is 0 Å². The van der Waals surface area contributed by atoms with Crippen LogP contribution in [0.3, 0.4) is 0 Å². The molecular formula is C19H23N3O4S2. The summed E-state index contributed by atoms with van der Waals surface area (Å²) in [4.78, 5) is 0.222. The Morgan fingerprint density at radius 1 is 0.964 bits per heavy atom. The molecule has 150 valence electrons. The number of nitrogens with one attached hydrogen (secondary N) is 1. The predicted octanol–water partition coefficient (Wildman–Crippen LogP) is 2.13. The van der Waals surface area contributed by atoms with Gasteiger partial charge in [-0.1, -0.05) is 29.8 Å². The quantitative estimate of drug-likeness (QED) is 0.633. The van der Waals surface area contributed by atoms with Crippen LogP contribution in [-0.2, 0) is 26.7 Å². The van der Waals surface area contributed by atoms with Gasteiger partial charge in [0.2, 0.25) is 0 Å². The van der Waals surface area contributed by atoms with Crippen LogP contribution in [0.2, 0.25) is 0 Å². The molecule has 28 heavy (non-hydrogen) atoms. The smallest absolute Gasteiger partial charge is 0.241 e. The summed E-state index contributed by atoms with van der Waals surface area (Å²) in [6, 6.07) is 14.0. The van der Waals surface area contributed by atoms with Gasteiger partial charge in [-0.15, -0.1) is 0 Å². The van der Waals surface area contributed by atoms with Crippen LogP contribution in [0.4, 0.5) is 0 Å². The second-order valence-corrected chi connectivity index (χ2v) is 10.5. The summed E-state index contributed by atoms with van der Waals surface area (Å²) in [5, 5.41) is 0.799. The van der Waals surface area contributed by atoms with E-state index < -0.39 is 20.2 Å². The minimum atomic E-state index is -3.71. The summed E-state index contributed by atoms with van der Waals surface area (Å²) in [5.41, 5.74) is 2.39. The van der Waals surface area contributed by atoms with Crippen molar-refractivity contribution in [3.05, 3.63) is 65.9 Å². The third-order valence-electron chi connectivity index (χ3n) is 4.48. The van der Waals surface area contributed by atoms with Crippen LogP contribution in [0.25, 0.3) is 10.9 Å². The molecule has 9 heteroatoms. The van der Waals surface area contributed by atoms with Gasteiger partial charge in [-0.3, -0.25) is 0 Å². The van der Waals surface area contributed by atoms with Crippen LogP contribution in [0.5, 0.6) is 0 Å². The van der Waals surface area contributed by atoms with E-state index in [2.05, 4.69) is 4.72 Å². The van der Waals surface area contributed by atoms with Crippen molar-refractivity contribution < 1.29 is 16.8 Å². The van der Waals surface area contributed by atoms with E-state index in [0.29, 0.717) is 11.9 Å². The number of hydrogen-bond donors (Lipinski definition) is 1. The lowest BCUT2D eigenvalue weighted by molar-refractivity contribution is 0.506. The highest BCUT2D eigenvalue weighted by molar-refractivity contribution is 7.90. The average Bonchev–Trinajstić information content (AvgIpc) is 3.06. The van der Waals surface area contributed by atoms with Gasteiger partial charge in [0.15, 0.2) is 0 Å². The van der Waals surface area contributed by atoms with Crippen LogP contribution in [0.1, 0.15) is 11.1 Å². The highest BCUT2D eigenvalue weighted by Crippen LogP contribution is 2.23. The van der Waals surface area contributed by atoms with E-state index in [-0.39, 0.29) is 11.4 Å². The van der Waals surface area contributed by atoms with Gasteiger partial charge in [0.25, 0.3) is 20.2 Å². The van der Waals surface area contributed by atoms with E-state index in [1.165, 1.54) is 18.1 Å². The summed E-state index contributed by atoms with van der Waals surface area (Å²) in [5.74, 6) is 0. The van der Waals surface area contributed by atoms with Crippen LogP contribution >= 0.6 is 0 Å². The molecule has 0 spiro atoms. The molecule has 0 aliphatic rings. The summed E-state index contributed by atoms with van der Waals surface area (Å²) in [6.45, 7) is 2.12. The molecule has 2 aromatic carbocycles. The van der Waals surface area contributed by atoms with Crippen LogP contribution in [0.15, 0.2) is 59.6 Å². The van der Waals surface area contributed by atoms with Crippen molar-refractivity contribution in [1.29, 1.82) is 0 Å². The Balaban J connectivity index is 1.89. The Hall–Kier alpha value is -2.20. The van der Waals surface area contributed by atoms with E-state index in [9.17, 15) is 16.8 Å². The van der Waals surface area contributed by atoms with Gasteiger partial charge in [0.1, 0.15) is 0 Å². The van der Waals surface area contributed by atoms with Crippen molar-refractivity contribution in [1.82, 2.24) is 13.0 Å². The van der Waals surface area contributed by atoms with E-state index in [1.807, 2.05) is 19.1 Å². The molecule has 0 atom stereocenters. The van der Waals surface area contributed by atoms with E-state index in [1.54, 1.807) is 42.6 Å². The maximum atomic E-state index is 13.0. The number of benzene rings is 2. The molecule has 0 aliphatic heterocycles. The second-order valence-electron chi connectivity index (χ2n) is 6.75. The lowest BCUT2D eigenvalue weighted by Gasteiger charge is -2.12. The summed E-state index contributed by atoms with van der Waals surface area (Å²) >= 11 is 0. The number of aromatic nitrogens is 1. The molecule has 0 saturated carbocycles. The van der Waals surface area contributed by atoms with Crippen molar-refractivity contribution in [3.63, 3.8) is 0 Å². The van der Waals surface area contributed by atoms with Crippen molar-refractivity contribution in [3.8, 4) is 0 Å².